The standard InChI is InChI=1S/C13H21NO5/c1-13(2,3)19-12(18)14-8-4-7(6-15)9(5-8)10(14)11(16)17/h7-10,15H,4-6H2,1-3H3,(H,16,17)/t7-,8-,9-,10+/m1/s1. The number of aliphatic carboxylic acids is 1. The molecule has 1 aliphatic carbocycles. The van der Waals surface area contributed by atoms with Gasteiger partial charge in [0.2, 0.25) is 0 Å². The van der Waals surface area contributed by atoms with Crippen molar-refractivity contribution in [3.8, 4) is 0 Å². The van der Waals surface area contributed by atoms with Crippen LogP contribution in [0.4, 0.5) is 4.79 Å². The van der Waals surface area contributed by atoms with Crippen LogP contribution in [0.1, 0.15) is 33.6 Å². The molecule has 2 fully saturated rings. The van der Waals surface area contributed by atoms with Gasteiger partial charge < -0.3 is 14.9 Å². The third-order valence-electron chi connectivity index (χ3n) is 3.92. The van der Waals surface area contributed by atoms with E-state index in [0.717, 1.165) is 0 Å². The lowest BCUT2D eigenvalue weighted by Crippen LogP contribution is -2.53. The van der Waals surface area contributed by atoms with Gasteiger partial charge in [-0.15, -0.1) is 0 Å². The lowest BCUT2D eigenvalue weighted by atomic mass is 9.88. The Kier molecular flexibility index (Phi) is 3.47. The Morgan fingerprint density at radius 2 is 1.95 bits per heavy atom. The van der Waals surface area contributed by atoms with Gasteiger partial charge in [-0.2, -0.15) is 0 Å². The van der Waals surface area contributed by atoms with E-state index in [4.69, 9.17) is 4.74 Å². The smallest absolute Gasteiger partial charge is 0.411 e. The number of nitrogens with zero attached hydrogens (tertiary/aromatic N) is 1. The van der Waals surface area contributed by atoms with E-state index in [9.17, 15) is 19.8 Å². The highest BCUT2D eigenvalue weighted by atomic mass is 16.6. The highest BCUT2D eigenvalue weighted by molar-refractivity contribution is 5.82. The number of rotatable bonds is 2. The van der Waals surface area contributed by atoms with E-state index in [0.29, 0.717) is 12.8 Å². The Hall–Kier alpha value is -1.30. The fraction of sp³-hybridized carbons (Fsp3) is 0.846. The fourth-order valence-corrected chi connectivity index (χ4v) is 3.26. The summed E-state index contributed by atoms with van der Waals surface area (Å²) in [6.45, 7) is 5.25. The summed E-state index contributed by atoms with van der Waals surface area (Å²) >= 11 is 0. The lowest BCUT2D eigenvalue weighted by Gasteiger charge is -2.36. The zero-order chi connectivity index (χ0) is 14.4. The SMILES string of the molecule is CC(C)(C)OC(=O)N1[C@@H]2C[C@H](CO)[C@@H](C2)[C@H]1C(=O)O. The third kappa shape index (κ3) is 2.54. The number of ether oxygens (including phenoxy) is 1. The van der Waals surface area contributed by atoms with E-state index in [-0.39, 0.29) is 24.5 Å². The van der Waals surface area contributed by atoms with E-state index in [1.54, 1.807) is 20.8 Å². The van der Waals surface area contributed by atoms with Crippen LogP contribution in [0.15, 0.2) is 0 Å². The molecule has 2 aliphatic rings. The third-order valence-corrected chi connectivity index (χ3v) is 3.92. The number of carboxylic acid groups (broad SMARTS) is 1. The van der Waals surface area contributed by atoms with Crippen LogP contribution in [0.2, 0.25) is 0 Å². The molecule has 0 aromatic rings. The average Bonchev–Trinajstić information content (AvgIpc) is 2.82. The highest BCUT2D eigenvalue weighted by Gasteiger charge is 2.56. The van der Waals surface area contributed by atoms with E-state index in [1.807, 2.05) is 0 Å². The summed E-state index contributed by atoms with van der Waals surface area (Å²) in [5.41, 5.74) is -0.641. The molecule has 0 radical (unpaired) electrons. The first-order valence-corrected chi connectivity index (χ1v) is 6.59. The molecule has 1 heterocycles. The summed E-state index contributed by atoms with van der Waals surface area (Å²) < 4.78 is 5.28. The Balaban J connectivity index is 2.17. The number of hydrogen-bond acceptors (Lipinski definition) is 4. The topological polar surface area (TPSA) is 87.1 Å². The van der Waals surface area contributed by atoms with Crippen molar-refractivity contribution in [3.63, 3.8) is 0 Å². The molecule has 2 rings (SSSR count). The van der Waals surface area contributed by atoms with Gasteiger partial charge in [0.05, 0.1) is 0 Å². The molecule has 1 aliphatic heterocycles. The van der Waals surface area contributed by atoms with Gasteiger partial charge in [-0.1, -0.05) is 0 Å². The molecule has 6 nitrogen and oxygen atoms in total. The van der Waals surface area contributed by atoms with Crippen molar-refractivity contribution in [1.82, 2.24) is 4.90 Å². The monoisotopic (exact) mass is 271 g/mol. The zero-order valence-corrected chi connectivity index (χ0v) is 11.5. The number of amides is 1. The van der Waals surface area contributed by atoms with Crippen molar-refractivity contribution in [3.05, 3.63) is 0 Å². The number of carboxylic acids is 1. The molecule has 19 heavy (non-hydrogen) atoms. The molecular formula is C13H21NO5. The van der Waals surface area contributed by atoms with Crippen molar-refractivity contribution in [2.24, 2.45) is 11.8 Å². The Bertz CT molecular complexity index is 389. The number of hydrogen-bond donors (Lipinski definition) is 2. The molecule has 0 aromatic carbocycles. The molecular weight excluding hydrogens is 250 g/mol. The van der Waals surface area contributed by atoms with Gasteiger partial charge >= 0.3 is 12.1 Å². The maximum Gasteiger partial charge on any atom is 0.411 e. The van der Waals surface area contributed by atoms with E-state index < -0.39 is 23.7 Å². The van der Waals surface area contributed by atoms with E-state index in [2.05, 4.69) is 0 Å². The summed E-state index contributed by atoms with van der Waals surface area (Å²) in [6, 6.07) is -0.996. The maximum atomic E-state index is 12.1. The van der Waals surface area contributed by atoms with Crippen LogP contribution in [0.25, 0.3) is 0 Å². The van der Waals surface area contributed by atoms with Crippen molar-refractivity contribution < 1.29 is 24.5 Å². The summed E-state index contributed by atoms with van der Waals surface area (Å²) in [5, 5.41) is 18.6. The fourth-order valence-electron chi connectivity index (χ4n) is 3.26. The first-order chi connectivity index (χ1) is 8.74. The molecule has 1 saturated heterocycles. The van der Waals surface area contributed by atoms with Crippen molar-refractivity contribution in [2.45, 2.75) is 51.3 Å². The molecule has 108 valence electrons. The van der Waals surface area contributed by atoms with Crippen LogP contribution in [0, 0.1) is 11.8 Å². The number of carbonyl (C=O) groups excluding carboxylic acids is 1. The van der Waals surface area contributed by atoms with Crippen LogP contribution in [0.3, 0.4) is 0 Å². The van der Waals surface area contributed by atoms with Crippen LogP contribution >= 0.6 is 0 Å². The maximum absolute atomic E-state index is 12.1. The van der Waals surface area contributed by atoms with Crippen LogP contribution in [-0.4, -0.2) is 51.5 Å². The zero-order valence-electron chi connectivity index (χ0n) is 11.5. The average molecular weight is 271 g/mol. The summed E-state index contributed by atoms with van der Waals surface area (Å²) in [5.74, 6) is -1.21. The second kappa shape index (κ2) is 4.67. The van der Waals surface area contributed by atoms with Gasteiger partial charge in [-0.3, -0.25) is 4.90 Å². The van der Waals surface area contributed by atoms with Gasteiger partial charge in [-0.05, 0) is 45.4 Å². The number of aliphatic hydroxyl groups is 1. The predicted octanol–water partition coefficient (Wildman–Crippen LogP) is 1.08. The number of carbonyl (C=O) groups is 2. The number of piperidine rings is 1. The van der Waals surface area contributed by atoms with Gasteiger partial charge in [0.25, 0.3) is 0 Å². The summed E-state index contributed by atoms with van der Waals surface area (Å²) in [6.07, 6.45) is 0.731. The molecule has 0 unspecified atom stereocenters. The Morgan fingerprint density at radius 1 is 1.32 bits per heavy atom. The largest absolute Gasteiger partial charge is 0.480 e. The molecule has 4 atom stereocenters. The van der Waals surface area contributed by atoms with Crippen molar-refractivity contribution >= 4 is 12.1 Å². The molecule has 2 bridgehead atoms. The van der Waals surface area contributed by atoms with Crippen LogP contribution in [0.5, 0.6) is 0 Å². The molecule has 1 amide bonds. The van der Waals surface area contributed by atoms with Crippen molar-refractivity contribution in [2.75, 3.05) is 6.61 Å². The minimum atomic E-state index is -1.02. The Morgan fingerprint density at radius 3 is 2.42 bits per heavy atom. The van der Waals surface area contributed by atoms with Crippen molar-refractivity contribution in [1.29, 1.82) is 0 Å². The number of likely N-dealkylation sites (tertiary alicyclic amines) is 1. The van der Waals surface area contributed by atoms with Gasteiger partial charge in [-0.25, -0.2) is 9.59 Å². The molecule has 1 saturated carbocycles. The number of aliphatic hydroxyl groups excluding tert-OH is 1. The lowest BCUT2D eigenvalue weighted by molar-refractivity contribution is -0.146. The Labute approximate surface area is 112 Å². The van der Waals surface area contributed by atoms with Crippen LogP contribution < -0.4 is 0 Å². The number of fused-ring (bicyclic) bond motifs is 2. The molecule has 6 heteroatoms. The van der Waals surface area contributed by atoms with Crippen LogP contribution in [-0.2, 0) is 9.53 Å². The quantitative estimate of drug-likeness (QED) is 0.784. The second-order valence-electron chi connectivity index (χ2n) is 6.40. The highest BCUT2D eigenvalue weighted by Crippen LogP contribution is 2.46. The molecule has 0 aromatic heterocycles. The molecule has 0 spiro atoms. The minimum Gasteiger partial charge on any atom is -0.480 e. The predicted molar refractivity (Wildman–Crippen MR) is 66.6 cm³/mol. The summed E-state index contributed by atoms with van der Waals surface area (Å²) in [4.78, 5) is 24.9. The van der Waals surface area contributed by atoms with E-state index >= 15 is 0 Å². The second-order valence-corrected chi connectivity index (χ2v) is 6.40. The van der Waals surface area contributed by atoms with Gasteiger partial charge in [0.1, 0.15) is 11.6 Å². The van der Waals surface area contributed by atoms with Gasteiger partial charge in [0.15, 0.2) is 0 Å². The van der Waals surface area contributed by atoms with Gasteiger partial charge in [0, 0.05) is 12.6 Å². The first kappa shape index (κ1) is 14.1. The van der Waals surface area contributed by atoms with E-state index in [1.165, 1.54) is 4.90 Å². The minimum absolute atomic E-state index is 0.0207. The normalized spacial score (nSPS) is 33.6. The first-order valence-electron chi connectivity index (χ1n) is 6.59. The molecule has 2 N–H and O–H groups in total. The summed E-state index contributed by atoms with van der Waals surface area (Å²) in [7, 11) is 0.